The van der Waals surface area contributed by atoms with Gasteiger partial charge in [-0.1, -0.05) is 6.92 Å². The molecule has 0 aliphatic rings. The largest absolute Gasteiger partial charge is 0.497 e. The fourth-order valence-corrected chi connectivity index (χ4v) is 2.82. The maximum atomic E-state index is 12.3. The number of aryl methyl sites for hydroxylation is 1. The van der Waals surface area contributed by atoms with Crippen molar-refractivity contribution in [3.05, 3.63) is 45.6 Å². The third-order valence-electron chi connectivity index (χ3n) is 3.04. The molecule has 0 fully saturated rings. The molecule has 0 radical (unpaired) electrons. The molecule has 110 valence electrons. The number of hydrogen-bond acceptors (Lipinski definition) is 4. The summed E-state index contributed by atoms with van der Waals surface area (Å²) >= 11 is 1.34. The Balaban J connectivity index is 2.31. The summed E-state index contributed by atoms with van der Waals surface area (Å²) in [5.74, 6) is -0.989. The lowest BCUT2D eigenvalue weighted by molar-refractivity contribution is 0.0697. The monoisotopic (exact) mass is 305 g/mol. The van der Waals surface area contributed by atoms with E-state index in [2.05, 4.69) is 5.32 Å². The van der Waals surface area contributed by atoms with Crippen molar-refractivity contribution in [1.82, 2.24) is 0 Å². The number of thiophene rings is 1. The van der Waals surface area contributed by atoms with Crippen LogP contribution >= 0.6 is 11.3 Å². The van der Waals surface area contributed by atoms with Gasteiger partial charge in [-0.25, -0.2) is 4.79 Å². The van der Waals surface area contributed by atoms with Crippen molar-refractivity contribution in [3.8, 4) is 5.75 Å². The predicted octanol–water partition coefficient (Wildman–Crippen LogP) is 3.27. The molecule has 0 saturated heterocycles. The molecule has 1 heterocycles. The predicted molar refractivity (Wildman–Crippen MR) is 81.6 cm³/mol. The first kappa shape index (κ1) is 15.1. The van der Waals surface area contributed by atoms with Crippen LogP contribution in [-0.2, 0) is 6.42 Å². The van der Waals surface area contributed by atoms with Crippen LogP contribution in [0, 0.1) is 0 Å². The number of carboxylic acid groups (broad SMARTS) is 1. The van der Waals surface area contributed by atoms with Gasteiger partial charge in [0.15, 0.2) is 0 Å². The molecule has 1 aromatic heterocycles. The van der Waals surface area contributed by atoms with Gasteiger partial charge in [0.25, 0.3) is 5.91 Å². The van der Waals surface area contributed by atoms with E-state index in [0.717, 1.165) is 12.0 Å². The van der Waals surface area contributed by atoms with Gasteiger partial charge in [0.2, 0.25) is 0 Å². The van der Waals surface area contributed by atoms with Gasteiger partial charge < -0.3 is 15.2 Å². The first-order valence-corrected chi connectivity index (χ1v) is 7.23. The van der Waals surface area contributed by atoms with Crippen LogP contribution in [0.5, 0.6) is 5.75 Å². The second-order valence-electron chi connectivity index (χ2n) is 4.30. The van der Waals surface area contributed by atoms with Crippen LogP contribution in [-0.4, -0.2) is 24.1 Å². The number of rotatable bonds is 5. The van der Waals surface area contributed by atoms with E-state index < -0.39 is 5.97 Å². The van der Waals surface area contributed by atoms with E-state index >= 15 is 0 Å². The zero-order chi connectivity index (χ0) is 15.4. The van der Waals surface area contributed by atoms with Crippen LogP contribution in [0.1, 0.15) is 32.5 Å². The Kier molecular flexibility index (Phi) is 4.59. The molecule has 2 rings (SSSR count). The number of anilines is 1. The van der Waals surface area contributed by atoms with Gasteiger partial charge in [0.05, 0.1) is 23.2 Å². The van der Waals surface area contributed by atoms with E-state index in [0.29, 0.717) is 10.6 Å². The maximum absolute atomic E-state index is 12.3. The van der Waals surface area contributed by atoms with Crippen LogP contribution in [0.4, 0.5) is 5.69 Å². The average Bonchev–Trinajstić information content (AvgIpc) is 2.96. The lowest BCUT2D eigenvalue weighted by atomic mass is 10.1. The molecule has 0 aliphatic carbocycles. The molecular formula is C15H15NO4S. The number of hydrogen-bond donors (Lipinski definition) is 2. The zero-order valence-electron chi connectivity index (χ0n) is 11.7. The average molecular weight is 305 g/mol. The van der Waals surface area contributed by atoms with Gasteiger partial charge >= 0.3 is 5.97 Å². The van der Waals surface area contributed by atoms with Gasteiger partial charge in [-0.05, 0) is 41.6 Å². The molecule has 6 heteroatoms. The fourth-order valence-electron chi connectivity index (χ4n) is 1.93. The number of amides is 1. The van der Waals surface area contributed by atoms with Crippen molar-refractivity contribution < 1.29 is 19.4 Å². The first-order valence-electron chi connectivity index (χ1n) is 6.35. The minimum absolute atomic E-state index is 0.00250. The van der Waals surface area contributed by atoms with Crippen LogP contribution in [0.25, 0.3) is 0 Å². The van der Waals surface area contributed by atoms with E-state index in [9.17, 15) is 14.7 Å². The van der Waals surface area contributed by atoms with Gasteiger partial charge in [0, 0.05) is 0 Å². The number of aromatic carboxylic acids is 1. The highest BCUT2D eigenvalue weighted by atomic mass is 32.1. The van der Waals surface area contributed by atoms with E-state index in [1.165, 1.54) is 30.6 Å². The molecule has 5 nitrogen and oxygen atoms in total. The topological polar surface area (TPSA) is 75.6 Å². The van der Waals surface area contributed by atoms with Crippen molar-refractivity contribution >= 4 is 28.9 Å². The highest BCUT2D eigenvalue weighted by Crippen LogP contribution is 2.24. The third kappa shape index (κ3) is 3.22. The summed E-state index contributed by atoms with van der Waals surface area (Å²) in [6, 6.07) is 6.41. The van der Waals surface area contributed by atoms with Gasteiger partial charge in [-0.2, -0.15) is 0 Å². The molecule has 0 saturated carbocycles. The summed E-state index contributed by atoms with van der Waals surface area (Å²) in [5.41, 5.74) is 1.20. The minimum atomic E-state index is -1.12. The zero-order valence-corrected chi connectivity index (χ0v) is 12.5. The van der Waals surface area contributed by atoms with Gasteiger partial charge in [0.1, 0.15) is 5.75 Å². The lowest BCUT2D eigenvalue weighted by Crippen LogP contribution is -2.15. The number of carboxylic acids is 1. The summed E-state index contributed by atoms with van der Waals surface area (Å²) in [6.07, 6.45) is 0.751. The highest BCUT2D eigenvalue weighted by Gasteiger charge is 2.17. The van der Waals surface area contributed by atoms with Crippen LogP contribution in [0.2, 0.25) is 0 Å². The number of benzene rings is 1. The first-order chi connectivity index (χ1) is 10.1. The molecule has 2 N–H and O–H groups in total. The van der Waals surface area contributed by atoms with Crippen molar-refractivity contribution in [1.29, 1.82) is 0 Å². The highest BCUT2D eigenvalue weighted by molar-refractivity contribution is 7.12. The Morgan fingerprint density at radius 3 is 2.71 bits per heavy atom. The summed E-state index contributed by atoms with van der Waals surface area (Å²) in [5, 5.41) is 13.7. The Labute approximate surface area is 126 Å². The summed E-state index contributed by atoms with van der Waals surface area (Å²) in [4.78, 5) is 24.1. The van der Waals surface area contributed by atoms with E-state index in [4.69, 9.17) is 4.74 Å². The number of methoxy groups -OCH3 is 1. The molecule has 0 unspecified atom stereocenters. The summed E-state index contributed by atoms with van der Waals surface area (Å²) < 4.78 is 5.00. The molecular weight excluding hydrogens is 290 g/mol. The van der Waals surface area contributed by atoms with Crippen molar-refractivity contribution in [2.75, 3.05) is 12.4 Å². The third-order valence-corrected chi connectivity index (χ3v) is 3.99. The van der Waals surface area contributed by atoms with Gasteiger partial charge in [-0.3, -0.25) is 4.79 Å². The van der Waals surface area contributed by atoms with Gasteiger partial charge in [-0.15, -0.1) is 11.3 Å². The normalized spacial score (nSPS) is 10.2. The fraction of sp³-hybridized carbons (Fsp3) is 0.200. The maximum Gasteiger partial charge on any atom is 0.337 e. The Hall–Kier alpha value is -2.34. The van der Waals surface area contributed by atoms with Crippen LogP contribution < -0.4 is 10.1 Å². The minimum Gasteiger partial charge on any atom is -0.497 e. The Morgan fingerprint density at radius 1 is 1.33 bits per heavy atom. The Bertz CT molecular complexity index is 678. The van der Waals surface area contributed by atoms with E-state index in [1.807, 2.05) is 18.4 Å². The second kappa shape index (κ2) is 6.41. The molecule has 0 aliphatic heterocycles. The second-order valence-corrected chi connectivity index (χ2v) is 5.22. The smallest absolute Gasteiger partial charge is 0.337 e. The van der Waals surface area contributed by atoms with Crippen molar-refractivity contribution in [3.63, 3.8) is 0 Å². The quantitative estimate of drug-likeness (QED) is 0.889. The molecule has 2 aromatic rings. The molecule has 0 spiro atoms. The summed E-state index contributed by atoms with van der Waals surface area (Å²) in [7, 11) is 1.46. The summed E-state index contributed by atoms with van der Waals surface area (Å²) in [6.45, 7) is 1.97. The molecule has 1 aromatic carbocycles. The van der Waals surface area contributed by atoms with Crippen LogP contribution in [0.15, 0.2) is 29.6 Å². The number of nitrogens with one attached hydrogen (secondary N) is 1. The van der Waals surface area contributed by atoms with E-state index in [-0.39, 0.29) is 17.2 Å². The number of carbonyl (C=O) groups is 2. The number of carbonyl (C=O) groups excluding carboxylic acids is 1. The standard InChI is InChI=1S/C15H15NO4S/c1-3-9-6-7-21-13(9)14(17)16-12-5-4-10(20-2)8-11(12)15(18)19/h4-8H,3H2,1-2H3,(H,16,17)(H,18,19). The molecule has 0 atom stereocenters. The molecule has 0 bridgehead atoms. The van der Waals surface area contributed by atoms with E-state index in [1.54, 1.807) is 6.07 Å². The SMILES string of the molecule is CCc1ccsc1C(=O)Nc1ccc(OC)cc1C(=O)O. The van der Waals surface area contributed by atoms with Crippen LogP contribution in [0.3, 0.4) is 0 Å². The number of ether oxygens (including phenoxy) is 1. The van der Waals surface area contributed by atoms with Crippen molar-refractivity contribution in [2.45, 2.75) is 13.3 Å². The molecule has 1 amide bonds. The van der Waals surface area contributed by atoms with Crippen molar-refractivity contribution in [2.24, 2.45) is 0 Å². The lowest BCUT2D eigenvalue weighted by Gasteiger charge is -2.10. The molecule has 21 heavy (non-hydrogen) atoms. The Morgan fingerprint density at radius 2 is 2.10 bits per heavy atom.